The number of thiazole rings is 1. The van der Waals surface area contributed by atoms with Gasteiger partial charge in [0.2, 0.25) is 0 Å². The van der Waals surface area contributed by atoms with Crippen LogP contribution in [0.1, 0.15) is 36.0 Å². The summed E-state index contributed by atoms with van der Waals surface area (Å²) in [5, 5.41) is 3.36. The molecule has 0 atom stereocenters. The van der Waals surface area contributed by atoms with Crippen LogP contribution in [0.25, 0.3) is 0 Å². The quantitative estimate of drug-likeness (QED) is 0.535. The Bertz CT molecular complexity index is 834. The van der Waals surface area contributed by atoms with Crippen LogP contribution in [0.5, 0.6) is 0 Å². The lowest BCUT2D eigenvalue weighted by Crippen LogP contribution is -2.33. The summed E-state index contributed by atoms with van der Waals surface area (Å²) >= 11 is 7.34. The van der Waals surface area contributed by atoms with E-state index in [2.05, 4.69) is 4.98 Å². The number of carbonyl (C=O) groups excluding carboxylic acids is 3. The summed E-state index contributed by atoms with van der Waals surface area (Å²) in [6.45, 7) is 2.25. The molecule has 0 bridgehead atoms. The van der Waals surface area contributed by atoms with Crippen LogP contribution in [-0.2, 0) is 22.6 Å². The third-order valence-corrected chi connectivity index (χ3v) is 5.21. The molecule has 0 radical (unpaired) electrons. The zero-order valence-corrected chi connectivity index (χ0v) is 15.8. The Morgan fingerprint density at radius 2 is 1.77 bits per heavy atom. The molecule has 0 aliphatic carbocycles. The van der Waals surface area contributed by atoms with Crippen LogP contribution in [0.4, 0.5) is 4.79 Å². The number of aromatic nitrogens is 1. The number of hydrogen-bond acceptors (Lipinski definition) is 5. The molecule has 1 saturated heterocycles. The summed E-state index contributed by atoms with van der Waals surface area (Å²) in [6, 6.07) is 6.95. The topological polar surface area (TPSA) is 70.6 Å². The van der Waals surface area contributed by atoms with E-state index < -0.39 is 17.8 Å². The monoisotopic (exact) mass is 391 g/mol. The van der Waals surface area contributed by atoms with Gasteiger partial charge in [-0.3, -0.25) is 14.5 Å². The van der Waals surface area contributed by atoms with E-state index in [1.807, 2.05) is 36.6 Å². The van der Waals surface area contributed by atoms with E-state index in [1.54, 1.807) is 0 Å². The van der Waals surface area contributed by atoms with Crippen molar-refractivity contribution in [3.63, 3.8) is 0 Å². The highest BCUT2D eigenvalue weighted by Gasteiger charge is 2.44. The molecule has 1 aromatic heterocycles. The third-order valence-electron chi connectivity index (χ3n) is 4.06. The molecular weight excluding hydrogens is 374 g/mol. The highest BCUT2D eigenvalue weighted by atomic mass is 35.5. The van der Waals surface area contributed by atoms with E-state index in [0.29, 0.717) is 23.6 Å². The van der Waals surface area contributed by atoms with Crippen molar-refractivity contribution in [2.24, 2.45) is 0 Å². The number of halogens is 1. The minimum atomic E-state index is -0.779. The zero-order chi connectivity index (χ0) is 18.7. The van der Waals surface area contributed by atoms with Gasteiger partial charge >= 0.3 is 17.8 Å². The first kappa shape index (κ1) is 18.5. The fourth-order valence-electron chi connectivity index (χ4n) is 2.64. The summed E-state index contributed by atoms with van der Waals surface area (Å²) in [4.78, 5) is 42.9. The average Bonchev–Trinajstić information content (AvgIpc) is 3.15. The molecule has 1 aliphatic rings. The molecule has 136 valence electrons. The Labute approximate surface area is 160 Å². The molecular formula is C18H18ClN3O3S. The van der Waals surface area contributed by atoms with Crippen LogP contribution in [0.2, 0.25) is 5.02 Å². The first-order valence-corrected chi connectivity index (χ1v) is 9.60. The Morgan fingerprint density at radius 1 is 1.08 bits per heavy atom. The summed E-state index contributed by atoms with van der Waals surface area (Å²) in [6.07, 6.45) is 2.16. The summed E-state index contributed by atoms with van der Waals surface area (Å²) < 4.78 is 0. The van der Waals surface area contributed by atoms with Gasteiger partial charge in [0.25, 0.3) is 0 Å². The first-order chi connectivity index (χ1) is 12.5. The van der Waals surface area contributed by atoms with Crippen LogP contribution >= 0.6 is 22.9 Å². The fraction of sp³-hybridized carbons (Fsp3) is 0.333. The lowest BCUT2D eigenvalue weighted by Gasteiger charge is -2.14. The molecule has 4 amide bonds. The van der Waals surface area contributed by atoms with Crippen LogP contribution in [-0.4, -0.2) is 39.2 Å². The van der Waals surface area contributed by atoms with Gasteiger partial charge in [0.05, 0.1) is 17.2 Å². The second kappa shape index (κ2) is 7.97. The SMILES string of the molecule is CCCCN1C(=O)C(=O)N(Cc2csc(Cc3ccc(Cl)cc3)n2)C1=O. The van der Waals surface area contributed by atoms with Crippen molar-refractivity contribution in [1.29, 1.82) is 0 Å². The summed E-state index contributed by atoms with van der Waals surface area (Å²) in [5.74, 6) is -1.53. The number of unbranched alkanes of at least 4 members (excludes halogenated alkanes) is 1. The molecule has 2 heterocycles. The van der Waals surface area contributed by atoms with Crippen LogP contribution in [0.15, 0.2) is 29.6 Å². The maximum Gasteiger partial charge on any atom is 0.334 e. The van der Waals surface area contributed by atoms with Gasteiger partial charge in [-0.1, -0.05) is 37.1 Å². The third kappa shape index (κ3) is 3.94. The van der Waals surface area contributed by atoms with Crippen molar-refractivity contribution in [3.05, 3.63) is 50.9 Å². The Kier molecular flexibility index (Phi) is 5.68. The standard InChI is InChI=1S/C18H18ClN3O3S/c1-2-3-8-21-16(23)17(24)22(18(21)25)10-14-11-26-15(20-14)9-12-4-6-13(19)7-5-12/h4-7,11H,2-3,8-10H2,1H3. The molecule has 1 aromatic carbocycles. The highest BCUT2D eigenvalue weighted by molar-refractivity contribution is 7.09. The smallest absolute Gasteiger partial charge is 0.263 e. The van der Waals surface area contributed by atoms with Crippen molar-refractivity contribution < 1.29 is 14.4 Å². The van der Waals surface area contributed by atoms with Gasteiger partial charge in [0.15, 0.2) is 0 Å². The van der Waals surface area contributed by atoms with Crippen molar-refractivity contribution in [2.45, 2.75) is 32.7 Å². The zero-order valence-electron chi connectivity index (χ0n) is 14.3. The number of benzene rings is 1. The Morgan fingerprint density at radius 3 is 2.46 bits per heavy atom. The molecule has 0 unspecified atom stereocenters. The van der Waals surface area contributed by atoms with E-state index in [-0.39, 0.29) is 13.1 Å². The van der Waals surface area contributed by atoms with Crippen molar-refractivity contribution >= 4 is 40.8 Å². The maximum atomic E-state index is 12.3. The number of imide groups is 2. The van der Waals surface area contributed by atoms with Gasteiger partial charge in [0.1, 0.15) is 0 Å². The van der Waals surface area contributed by atoms with E-state index in [1.165, 1.54) is 11.3 Å². The minimum Gasteiger partial charge on any atom is -0.263 e. The lowest BCUT2D eigenvalue weighted by atomic mass is 10.2. The van der Waals surface area contributed by atoms with Crippen LogP contribution in [0, 0.1) is 0 Å². The van der Waals surface area contributed by atoms with E-state index in [0.717, 1.165) is 26.8 Å². The molecule has 2 aromatic rings. The summed E-state index contributed by atoms with van der Waals surface area (Å²) in [5.41, 5.74) is 1.68. The lowest BCUT2D eigenvalue weighted by molar-refractivity contribution is -0.143. The Hall–Kier alpha value is -2.25. The van der Waals surface area contributed by atoms with Gasteiger partial charge < -0.3 is 0 Å². The number of hydrogen-bond donors (Lipinski definition) is 0. The molecule has 0 saturated carbocycles. The van der Waals surface area contributed by atoms with E-state index in [4.69, 9.17) is 11.6 Å². The van der Waals surface area contributed by atoms with Gasteiger partial charge in [-0.15, -0.1) is 11.3 Å². The number of carbonyl (C=O) groups is 3. The van der Waals surface area contributed by atoms with Crippen molar-refractivity contribution in [2.75, 3.05) is 6.54 Å². The molecule has 3 rings (SSSR count). The number of nitrogens with zero attached hydrogens (tertiary/aromatic N) is 3. The predicted octanol–water partition coefficient (Wildman–Crippen LogP) is 3.48. The maximum absolute atomic E-state index is 12.3. The fourth-order valence-corrected chi connectivity index (χ4v) is 3.59. The van der Waals surface area contributed by atoms with Crippen LogP contribution < -0.4 is 0 Å². The van der Waals surface area contributed by atoms with Gasteiger partial charge in [-0.2, -0.15) is 0 Å². The minimum absolute atomic E-state index is 0.0170. The molecule has 26 heavy (non-hydrogen) atoms. The average molecular weight is 392 g/mol. The Balaban J connectivity index is 1.66. The molecule has 6 nitrogen and oxygen atoms in total. The second-order valence-corrected chi connectivity index (χ2v) is 7.40. The van der Waals surface area contributed by atoms with E-state index >= 15 is 0 Å². The van der Waals surface area contributed by atoms with Gasteiger partial charge in [-0.05, 0) is 24.1 Å². The van der Waals surface area contributed by atoms with E-state index in [9.17, 15) is 14.4 Å². The first-order valence-electron chi connectivity index (χ1n) is 8.34. The normalized spacial score (nSPS) is 14.6. The van der Waals surface area contributed by atoms with Crippen LogP contribution in [0.3, 0.4) is 0 Å². The number of amides is 4. The second-order valence-electron chi connectivity index (χ2n) is 6.02. The number of rotatable bonds is 7. The van der Waals surface area contributed by atoms with Crippen molar-refractivity contribution in [3.8, 4) is 0 Å². The largest absolute Gasteiger partial charge is 0.334 e. The van der Waals surface area contributed by atoms with Gasteiger partial charge in [0, 0.05) is 23.4 Å². The highest BCUT2D eigenvalue weighted by Crippen LogP contribution is 2.20. The summed E-state index contributed by atoms with van der Waals surface area (Å²) in [7, 11) is 0. The number of urea groups is 1. The molecule has 8 heteroatoms. The molecule has 1 fully saturated rings. The van der Waals surface area contributed by atoms with Crippen molar-refractivity contribution in [1.82, 2.24) is 14.8 Å². The predicted molar refractivity (Wildman–Crippen MR) is 98.9 cm³/mol. The van der Waals surface area contributed by atoms with Gasteiger partial charge in [-0.25, -0.2) is 14.7 Å². The molecule has 1 aliphatic heterocycles. The molecule has 0 spiro atoms. The molecule has 0 N–H and O–H groups in total.